The number of aromatic nitrogens is 2. The number of carbonyl (C=O) groups excluding carboxylic acids is 1. The predicted octanol–water partition coefficient (Wildman–Crippen LogP) is 2.70. The van der Waals surface area contributed by atoms with Crippen molar-refractivity contribution in [3.63, 3.8) is 0 Å². The molecule has 1 aromatic rings. The number of nitrogens with zero attached hydrogens (tertiary/aromatic N) is 2. The summed E-state index contributed by atoms with van der Waals surface area (Å²) in [5, 5.41) is 10.4. The van der Waals surface area contributed by atoms with Gasteiger partial charge in [-0.1, -0.05) is 13.5 Å². The second-order valence-corrected chi connectivity index (χ2v) is 5.67. The van der Waals surface area contributed by atoms with Crippen molar-refractivity contribution in [2.45, 2.75) is 57.2 Å². The van der Waals surface area contributed by atoms with Crippen molar-refractivity contribution in [2.24, 2.45) is 0 Å². The molecule has 1 saturated carbocycles. The lowest BCUT2D eigenvalue weighted by Crippen LogP contribution is -2.35. The summed E-state index contributed by atoms with van der Waals surface area (Å²) in [4.78, 5) is 10.3. The highest BCUT2D eigenvalue weighted by Crippen LogP contribution is 2.40. The molecule has 1 N–H and O–H groups in total. The first-order valence-corrected chi connectivity index (χ1v) is 7.05. The number of hydrogen-bond donors (Lipinski definition) is 1. The van der Waals surface area contributed by atoms with E-state index >= 15 is 0 Å². The van der Waals surface area contributed by atoms with Gasteiger partial charge in [-0.05, 0) is 19.3 Å². The van der Waals surface area contributed by atoms with Gasteiger partial charge in [0.1, 0.15) is 0 Å². The first kappa shape index (κ1) is 16.5. The number of nitrogens with one attached hydrogen (secondary N) is 1. The van der Waals surface area contributed by atoms with Crippen LogP contribution in [0.4, 0.5) is 8.78 Å². The van der Waals surface area contributed by atoms with Crippen LogP contribution in [-0.4, -0.2) is 28.8 Å². The molecule has 1 fully saturated rings. The molecule has 1 aromatic heterocycles. The van der Waals surface area contributed by atoms with E-state index in [2.05, 4.69) is 26.8 Å². The molecule has 122 valence electrons. The molecule has 1 heterocycles. The zero-order chi connectivity index (χ0) is 16.3. The fourth-order valence-electron chi connectivity index (χ4n) is 2.37. The van der Waals surface area contributed by atoms with E-state index in [0.717, 1.165) is 6.92 Å². The number of hydrogen-bond acceptors (Lipinski definition) is 5. The van der Waals surface area contributed by atoms with Crippen LogP contribution in [0.5, 0.6) is 0 Å². The van der Waals surface area contributed by atoms with E-state index in [4.69, 9.17) is 4.42 Å². The van der Waals surface area contributed by atoms with Gasteiger partial charge in [0, 0.05) is 24.5 Å². The van der Waals surface area contributed by atoms with E-state index < -0.39 is 12.2 Å². The normalized spacial score (nSPS) is 22.7. The van der Waals surface area contributed by atoms with Gasteiger partial charge in [-0.3, -0.25) is 4.79 Å². The number of amides is 1. The molecule has 0 bridgehead atoms. The summed E-state index contributed by atoms with van der Waals surface area (Å²) in [7, 11) is 0. The number of ether oxygens (including phenoxy) is 1. The van der Waals surface area contributed by atoms with Gasteiger partial charge >= 0.3 is 6.11 Å². The molecule has 8 heteroatoms. The molecule has 1 aliphatic carbocycles. The number of allylic oxidation sites excluding steroid dienone is 1. The fourth-order valence-corrected chi connectivity index (χ4v) is 2.37. The van der Waals surface area contributed by atoms with Gasteiger partial charge in [0.25, 0.3) is 0 Å². The highest BCUT2D eigenvalue weighted by molar-refractivity contribution is 5.49. The zero-order valence-electron chi connectivity index (χ0n) is 12.5. The Kier molecular flexibility index (Phi) is 4.90. The number of carbonyl (C=O) groups is 1. The highest BCUT2D eigenvalue weighted by Gasteiger charge is 2.39. The molecule has 1 amide bonds. The Labute approximate surface area is 126 Å². The molecule has 0 aromatic carbocycles. The van der Waals surface area contributed by atoms with Crippen molar-refractivity contribution in [1.82, 2.24) is 15.5 Å². The van der Waals surface area contributed by atoms with E-state index in [-0.39, 0.29) is 11.8 Å². The minimum atomic E-state index is -3.11. The molecular weight excluding hydrogens is 296 g/mol. The van der Waals surface area contributed by atoms with Crippen molar-refractivity contribution in [1.29, 1.82) is 0 Å². The van der Waals surface area contributed by atoms with Crippen LogP contribution in [0.25, 0.3) is 0 Å². The van der Waals surface area contributed by atoms with E-state index in [1.54, 1.807) is 0 Å². The van der Waals surface area contributed by atoms with Gasteiger partial charge in [0.2, 0.25) is 18.2 Å². The Morgan fingerprint density at radius 1 is 1.59 bits per heavy atom. The van der Waals surface area contributed by atoms with Crippen LogP contribution < -0.4 is 5.32 Å². The zero-order valence-corrected chi connectivity index (χ0v) is 12.5. The molecule has 1 atom stereocenters. The smallest absolute Gasteiger partial charge is 0.353 e. The van der Waals surface area contributed by atoms with Crippen LogP contribution in [0.3, 0.4) is 0 Å². The lowest BCUT2D eigenvalue weighted by molar-refractivity contribution is -0.264. The quantitative estimate of drug-likeness (QED) is 0.746. The summed E-state index contributed by atoms with van der Waals surface area (Å²) in [6.45, 7) is 6.31. The summed E-state index contributed by atoms with van der Waals surface area (Å²) in [5.74, 6) is 0.745. The van der Waals surface area contributed by atoms with Gasteiger partial charge < -0.3 is 14.5 Å². The Hall–Kier alpha value is -1.83. The van der Waals surface area contributed by atoms with Crippen molar-refractivity contribution in [2.75, 3.05) is 0 Å². The predicted molar refractivity (Wildman–Crippen MR) is 73.1 cm³/mol. The maximum atomic E-state index is 12.7. The number of rotatable bonds is 8. The Balaban J connectivity index is 1.85. The van der Waals surface area contributed by atoms with Crippen molar-refractivity contribution in [3.05, 3.63) is 24.1 Å². The summed E-state index contributed by atoms with van der Waals surface area (Å²) >= 11 is 0. The molecule has 6 nitrogen and oxygen atoms in total. The minimum Gasteiger partial charge on any atom is -0.425 e. The second kappa shape index (κ2) is 6.51. The average Bonchev–Trinajstić information content (AvgIpc) is 2.81. The summed E-state index contributed by atoms with van der Waals surface area (Å²) in [5.41, 5.74) is 0.560. The van der Waals surface area contributed by atoms with Gasteiger partial charge in [0.15, 0.2) is 0 Å². The molecule has 0 radical (unpaired) electrons. The number of alkyl halides is 2. The monoisotopic (exact) mass is 315 g/mol. The van der Waals surface area contributed by atoms with Crippen molar-refractivity contribution < 1.29 is 22.7 Å². The van der Waals surface area contributed by atoms with Gasteiger partial charge in [-0.2, -0.15) is 8.78 Å². The lowest BCUT2D eigenvalue weighted by atomic mass is 9.82. The third-order valence-electron chi connectivity index (χ3n) is 3.51. The summed E-state index contributed by atoms with van der Waals surface area (Å²) in [6.07, 6.45) is -1.66. The highest BCUT2D eigenvalue weighted by atomic mass is 19.3. The third kappa shape index (κ3) is 4.33. The Morgan fingerprint density at radius 2 is 2.27 bits per heavy atom. The average molecular weight is 315 g/mol. The molecule has 0 spiro atoms. The van der Waals surface area contributed by atoms with Crippen LogP contribution in [0.15, 0.2) is 16.7 Å². The largest absolute Gasteiger partial charge is 0.425 e. The van der Waals surface area contributed by atoms with E-state index in [1.165, 1.54) is 0 Å². The minimum absolute atomic E-state index is 0.0444. The van der Waals surface area contributed by atoms with Crippen molar-refractivity contribution in [3.8, 4) is 0 Å². The first-order chi connectivity index (χ1) is 10.3. The van der Waals surface area contributed by atoms with Crippen LogP contribution in [0.2, 0.25) is 0 Å². The van der Waals surface area contributed by atoms with Gasteiger partial charge in [-0.25, -0.2) is 0 Å². The fraction of sp³-hybridized carbons (Fsp3) is 0.643. The van der Waals surface area contributed by atoms with Gasteiger partial charge in [0.05, 0.1) is 6.10 Å². The standard InChI is InChI=1S/C14H19F2N3O3/c1-8(4-9(2)17-7-20)12-18-19-13(21-12)10-5-11(6-10)22-14(3,15)16/h7-8,10-11H,2,4-6H2,1,3H3,(H,17,20). The topological polar surface area (TPSA) is 77.2 Å². The third-order valence-corrected chi connectivity index (χ3v) is 3.51. The summed E-state index contributed by atoms with van der Waals surface area (Å²) < 4.78 is 35.6. The van der Waals surface area contributed by atoms with E-state index in [0.29, 0.717) is 43.2 Å². The Bertz CT molecular complexity index is 536. The molecule has 1 aliphatic rings. The van der Waals surface area contributed by atoms with Gasteiger partial charge in [-0.15, -0.1) is 10.2 Å². The SMILES string of the molecule is C=C(CC(C)c1nnc(C2CC(OC(C)(F)F)C2)o1)NC=O. The second-order valence-electron chi connectivity index (χ2n) is 5.67. The Morgan fingerprint density at radius 3 is 2.86 bits per heavy atom. The lowest BCUT2D eigenvalue weighted by Gasteiger charge is -2.34. The molecule has 2 rings (SSSR count). The molecule has 0 saturated heterocycles. The maximum absolute atomic E-state index is 12.7. The maximum Gasteiger partial charge on any atom is 0.353 e. The molecular formula is C14H19F2N3O3. The van der Waals surface area contributed by atoms with Crippen LogP contribution in [-0.2, 0) is 9.53 Å². The van der Waals surface area contributed by atoms with Crippen LogP contribution in [0.1, 0.15) is 56.7 Å². The van der Waals surface area contributed by atoms with E-state index in [9.17, 15) is 13.6 Å². The molecule has 22 heavy (non-hydrogen) atoms. The first-order valence-electron chi connectivity index (χ1n) is 7.05. The van der Waals surface area contributed by atoms with Crippen LogP contribution >= 0.6 is 0 Å². The van der Waals surface area contributed by atoms with E-state index in [1.807, 2.05) is 6.92 Å². The molecule has 0 aliphatic heterocycles. The summed E-state index contributed by atoms with van der Waals surface area (Å²) in [6, 6.07) is 0. The van der Waals surface area contributed by atoms with Crippen molar-refractivity contribution >= 4 is 6.41 Å². The number of halogens is 2. The van der Waals surface area contributed by atoms with Crippen LogP contribution in [0, 0.1) is 0 Å². The molecule has 1 unspecified atom stereocenters.